The Labute approximate surface area is 119 Å². The number of hydrogen-bond donors (Lipinski definition) is 2. The first kappa shape index (κ1) is 15.4. The van der Waals surface area contributed by atoms with Crippen molar-refractivity contribution in [2.45, 2.75) is 24.8 Å². The number of amides is 1. The van der Waals surface area contributed by atoms with Crippen molar-refractivity contribution in [2.75, 3.05) is 0 Å². The molecule has 0 spiro atoms. The average molecular weight is 356 g/mol. The van der Waals surface area contributed by atoms with Gasteiger partial charge in [0.1, 0.15) is 0 Å². The zero-order valence-corrected chi connectivity index (χ0v) is 12.9. The van der Waals surface area contributed by atoms with Crippen LogP contribution in [0.15, 0.2) is 21.5 Å². The number of benzene rings is 1. The van der Waals surface area contributed by atoms with Crippen LogP contribution < -0.4 is 10.5 Å². The van der Waals surface area contributed by atoms with Crippen LogP contribution in [0.4, 0.5) is 0 Å². The zero-order chi connectivity index (χ0) is 14.1. The minimum atomic E-state index is -3.90. The van der Waals surface area contributed by atoms with Gasteiger partial charge < -0.3 is 5.32 Å². The summed E-state index contributed by atoms with van der Waals surface area (Å²) < 4.78 is 22.8. The first-order valence-electron chi connectivity index (χ1n) is 4.95. The molecule has 0 aliphatic carbocycles. The van der Waals surface area contributed by atoms with Crippen LogP contribution in [0.5, 0.6) is 0 Å². The average Bonchev–Trinajstić information content (AvgIpc) is 2.18. The Morgan fingerprint density at radius 1 is 1.44 bits per heavy atom. The molecule has 0 saturated carbocycles. The number of sulfonamides is 1. The van der Waals surface area contributed by atoms with E-state index in [0.717, 1.165) is 6.07 Å². The van der Waals surface area contributed by atoms with Gasteiger partial charge in [0.05, 0.1) is 15.5 Å². The summed E-state index contributed by atoms with van der Waals surface area (Å²) in [5.41, 5.74) is 0.0590. The number of nitrogens with two attached hydrogens (primary N) is 1. The van der Waals surface area contributed by atoms with Crippen LogP contribution in [0.1, 0.15) is 24.2 Å². The molecule has 1 rings (SSSR count). The van der Waals surface area contributed by atoms with Crippen LogP contribution in [0.3, 0.4) is 0 Å². The Bertz CT molecular complexity index is 587. The maximum absolute atomic E-state index is 11.9. The van der Waals surface area contributed by atoms with Crippen molar-refractivity contribution in [3.8, 4) is 0 Å². The Balaban J connectivity index is 3.36. The molecular weight excluding hydrogens is 344 g/mol. The van der Waals surface area contributed by atoms with Crippen LogP contribution >= 0.6 is 27.5 Å². The summed E-state index contributed by atoms with van der Waals surface area (Å²) in [6.07, 6.45) is 0. The molecule has 100 valence electrons. The third-order valence-electron chi connectivity index (χ3n) is 1.99. The summed E-state index contributed by atoms with van der Waals surface area (Å²) in [6.45, 7) is 3.56. The standard InChI is InChI=1S/C10H12BrClN2O3S/c1-5(2)14-10(15)7-3-6(18(13,16)17)4-8(11)9(7)12/h3-5H,1-2H3,(H,14,15)(H2,13,16,17). The minimum Gasteiger partial charge on any atom is -0.350 e. The molecule has 3 N–H and O–H groups in total. The summed E-state index contributed by atoms with van der Waals surface area (Å²) in [7, 11) is -3.90. The fourth-order valence-electron chi connectivity index (χ4n) is 1.23. The molecule has 8 heteroatoms. The van der Waals surface area contributed by atoms with Gasteiger partial charge in [0.25, 0.3) is 5.91 Å². The Morgan fingerprint density at radius 3 is 2.44 bits per heavy atom. The second kappa shape index (κ2) is 5.56. The van der Waals surface area contributed by atoms with E-state index in [0.29, 0.717) is 4.47 Å². The number of hydrogen-bond acceptors (Lipinski definition) is 3. The predicted molar refractivity (Wildman–Crippen MR) is 73.1 cm³/mol. The summed E-state index contributed by atoms with van der Waals surface area (Å²) in [5, 5.41) is 7.79. The van der Waals surface area contributed by atoms with Gasteiger partial charge in [-0.2, -0.15) is 0 Å². The maximum Gasteiger partial charge on any atom is 0.253 e. The first-order chi connectivity index (χ1) is 8.12. The molecule has 0 atom stereocenters. The number of carbonyl (C=O) groups is 1. The zero-order valence-electron chi connectivity index (χ0n) is 9.70. The largest absolute Gasteiger partial charge is 0.350 e. The Kier molecular flexibility index (Phi) is 4.77. The Hall–Kier alpha value is -0.630. The van der Waals surface area contributed by atoms with E-state index >= 15 is 0 Å². The lowest BCUT2D eigenvalue weighted by Crippen LogP contribution is -2.30. The number of primary sulfonamides is 1. The van der Waals surface area contributed by atoms with Gasteiger partial charge in [0.2, 0.25) is 10.0 Å². The van der Waals surface area contributed by atoms with E-state index in [-0.39, 0.29) is 21.5 Å². The molecule has 0 fully saturated rings. The van der Waals surface area contributed by atoms with E-state index in [4.69, 9.17) is 16.7 Å². The van der Waals surface area contributed by atoms with Crippen LogP contribution in [0.25, 0.3) is 0 Å². The maximum atomic E-state index is 11.9. The van der Waals surface area contributed by atoms with Crippen molar-refractivity contribution >= 4 is 43.5 Å². The van der Waals surface area contributed by atoms with Gasteiger partial charge >= 0.3 is 0 Å². The summed E-state index contributed by atoms with van der Waals surface area (Å²) >= 11 is 9.04. The number of halogens is 2. The van der Waals surface area contributed by atoms with Gasteiger partial charge in [0, 0.05) is 10.5 Å². The predicted octanol–water partition coefficient (Wildman–Crippen LogP) is 1.89. The SMILES string of the molecule is CC(C)NC(=O)c1cc(S(N)(=O)=O)cc(Br)c1Cl. The van der Waals surface area contributed by atoms with Crippen molar-refractivity contribution in [3.63, 3.8) is 0 Å². The van der Waals surface area contributed by atoms with Crippen LogP contribution in [-0.2, 0) is 10.0 Å². The third kappa shape index (κ3) is 3.68. The molecule has 0 aliphatic rings. The number of rotatable bonds is 3. The first-order valence-corrected chi connectivity index (χ1v) is 7.67. The smallest absolute Gasteiger partial charge is 0.253 e. The van der Waals surface area contributed by atoms with Crippen molar-refractivity contribution < 1.29 is 13.2 Å². The monoisotopic (exact) mass is 354 g/mol. The molecule has 18 heavy (non-hydrogen) atoms. The third-order valence-corrected chi connectivity index (χ3v) is 4.15. The van der Waals surface area contributed by atoms with Crippen LogP contribution in [-0.4, -0.2) is 20.4 Å². The van der Waals surface area contributed by atoms with Crippen LogP contribution in [0.2, 0.25) is 5.02 Å². The highest BCUT2D eigenvalue weighted by Gasteiger charge is 2.19. The quantitative estimate of drug-likeness (QED) is 0.867. The summed E-state index contributed by atoms with van der Waals surface area (Å²) in [6, 6.07) is 2.31. The minimum absolute atomic E-state index is 0.0590. The highest BCUT2D eigenvalue weighted by Crippen LogP contribution is 2.29. The molecule has 0 bridgehead atoms. The van der Waals surface area contributed by atoms with E-state index in [1.807, 2.05) is 0 Å². The second-order valence-electron chi connectivity index (χ2n) is 3.94. The van der Waals surface area contributed by atoms with Gasteiger partial charge in [0.15, 0.2) is 0 Å². The Morgan fingerprint density at radius 2 is 2.00 bits per heavy atom. The van der Waals surface area contributed by atoms with E-state index < -0.39 is 15.9 Å². The number of carbonyl (C=O) groups excluding carboxylic acids is 1. The van der Waals surface area contributed by atoms with Crippen LogP contribution in [0, 0.1) is 0 Å². The van der Waals surface area contributed by atoms with Gasteiger partial charge in [-0.05, 0) is 41.9 Å². The van der Waals surface area contributed by atoms with Gasteiger partial charge in [-0.25, -0.2) is 13.6 Å². The molecule has 1 amide bonds. The molecule has 5 nitrogen and oxygen atoms in total. The molecule has 0 radical (unpaired) electrons. The molecule has 0 saturated heterocycles. The van der Waals surface area contributed by atoms with Gasteiger partial charge in [-0.1, -0.05) is 11.6 Å². The van der Waals surface area contributed by atoms with Crippen molar-refractivity contribution in [1.82, 2.24) is 5.32 Å². The fraction of sp³-hybridized carbons (Fsp3) is 0.300. The van der Waals surface area contributed by atoms with E-state index in [2.05, 4.69) is 21.2 Å². The second-order valence-corrected chi connectivity index (χ2v) is 6.73. The van der Waals surface area contributed by atoms with E-state index in [1.165, 1.54) is 6.07 Å². The fourth-order valence-corrected chi connectivity index (χ4v) is 2.60. The molecule has 0 aromatic heterocycles. The van der Waals surface area contributed by atoms with E-state index in [9.17, 15) is 13.2 Å². The summed E-state index contributed by atoms with van der Waals surface area (Å²) in [5.74, 6) is -0.457. The van der Waals surface area contributed by atoms with E-state index in [1.54, 1.807) is 13.8 Å². The molecule has 0 unspecified atom stereocenters. The highest BCUT2D eigenvalue weighted by molar-refractivity contribution is 9.10. The van der Waals surface area contributed by atoms with Gasteiger partial charge in [-0.3, -0.25) is 4.79 Å². The lowest BCUT2D eigenvalue weighted by atomic mass is 10.2. The molecular formula is C10H12BrClN2O3S. The lowest BCUT2D eigenvalue weighted by molar-refractivity contribution is 0.0943. The molecule has 0 aliphatic heterocycles. The molecule has 1 aromatic carbocycles. The highest BCUT2D eigenvalue weighted by atomic mass is 79.9. The normalized spacial score (nSPS) is 11.7. The topological polar surface area (TPSA) is 89.3 Å². The van der Waals surface area contributed by atoms with Crippen molar-refractivity contribution in [1.29, 1.82) is 0 Å². The lowest BCUT2D eigenvalue weighted by Gasteiger charge is -2.11. The molecule has 0 heterocycles. The number of nitrogens with one attached hydrogen (secondary N) is 1. The molecule has 1 aromatic rings. The van der Waals surface area contributed by atoms with Gasteiger partial charge in [-0.15, -0.1) is 0 Å². The van der Waals surface area contributed by atoms with Crippen molar-refractivity contribution in [3.05, 3.63) is 27.2 Å². The van der Waals surface area contributed by atoms with Crippen molar-refractivity contribution in [2.24, 2.45) is 5.14 Å². The summed E-state index contributed by atoms with van der Waals surface area (Å²) in [4.78, 5) is 11.7.